The van der Waals surface area contributed by atoms with E-state index >= 15 is 0 Å². The summed E-state index contributed by atoms with van der Waals surface area (Å²) < 4.78 is 21.9. The molecule has 0 spiro atoms. The first kappa shape index (κ1) is 11.1. The van der Waals surface area contributed by atoms with Gasteiger partial charge in [0.05, 0.1) is 13.2 Å². The van der Waals surface area contributed by atoms with Crippen molar-refractivity contribution in [3.05, 3.63) is 0 Å². The largest absolute Gasteiger partial charge is 0.352 e. The van der Waals surface area contributed by atoms with Gasteiger partial charge >= 0.3 is 0 Å². The molecule has 1 fully saturated rings. The molecule has 0 radical (unpaired) electrons. The third-order valence-corrected chi connectivity index (χ3v) is 2.95. The molecule has 1 aliphatic heterocycles. The quantitative estimate of drug-likeness (QED) is 0.691. The standard InChI is InChI=1S/C9H18O3S/c1-7(2)9-11-4-8(5-12-9)6-13(3)10/h7-9H,4-6H2,1-3H3. The minimum Gasteiger partial charge on any atom is -0.352 e. The summed E-state index contributed by atoms with van der Waals surface area (Å²) >= 11 is 0. The Hall–Kier alpha value is 0.0700. The zero-order valence-electron chi connectivity index (χ0n) is 8.49. The van der Waals surface area contributed by atoms with Crippen LogP contribution in [0.5, 0.6) is 0 Å². The minimum atomic E-state index is -0.745. The summed E-state index contributed by atoms with van der Waals surface area (Å²) in [7, 11) is -0.745. The summed E-state index contributed by atoms with van der Waals surface area (Å²) in [5, 5.41) is 0. The van der Waals surface area contributed by atoms with Crippen LogP contribution in [0.25, 0.3) is 0 Å². The van der Waals surface area contributed by atoms with E-state index in [0.29, 0.717) is 30.8 Å². The Morgan fingerprint density at radius 3 is 2.31 bits per heavy atom. The first-order valence-electron chi connectivity index (χ1n) is 4.63. The summed E-state index contributed by atoms with van der Waals surface area (Å²) in [6.45, 7) is 5.51. The second-order valence-electron chi connectivity index (χ2n) is 3.88. The summed E-state index contributed by atoms with van der Waals surface area (Å²) in [6, 6.07) is 0. The van der Waals surface area contributed by atoms with Crippen LogP contribution >= 0.6 is 0 Å². The van der Waals surface area contributed by atoms with Crippen LogP contribution in [-0.2, 0) is 20.3 Å². The second kappa shape index (κ2) is 5.08. The molecular weight excluding hydrogens is 188 g/mol. The first-order chi connectivity index (χ1) is 6.09. The van der Waals surface area contributed by atoms with Crippen molar-refractivity contribution in [2.75, 3.05) is 25.2 Å². The van der Waals surface area contributed by atoms with Crippen molar-refractivity contribution in [1.29, 1.82) is 0 Å². The highest BCUT2D eigenvalue weighted by atomic mass is 32.2. The van der Waals surface area contributed by atoms with E-state index in [0.717, 1.165) is 0 Å². The van der Waals surface area contributed by atoms with Crippen LogP contribution in [0, 0.1) is 11.8 Å². The molecule has 0 aromatic rings. The lowest BCUT2D eigenvalue weighted by molar-refractivity contribution is -0.215. The zero-order chi connectivity index (χ0) is 9.84. The summed E-state index contributed by atoms with van der Waals surface area (Å²) in [5.41, 5.74) is 0. The van der Waals surface area contributed by atoms with E-state index in [4.69, 9.17) is 9.47 Å². The monoisotopic (exact) mass is 206 g/mol. The maximum Gasteiger partial charge on any atom is 0.159 e. The van der Waals surface area contributed by atoms with Crippen molar-refractivity contribution in [2.45, 2.75) is 20.1 Å². The number of ether oxygens (including phenoxy) is 2. The molecule has 0 amide bonds. The Kier molecular flexibility index (Phi) is 4.35. The Morgan fingerprint density at radius 2 is 1.92 bits per heavy atom. The predicted molar refractivity (Wildman–Crippen MR) is 53.0 cm³/mol. The molecule has 78 valence electrons. The second-order valence-corrected chi connectivity index (χ2v) is 5.36. The van der Waals surface area contributed by atoms with Gasteiger partial charge < -0.3 is 9.47 Å². The Balaban J connectivity index is 2.26. The number of rotatable bonds is 3. The molecule has 1 unspecified atom stereocenters. The number of hydrogen-bond donors (Lipinski definition) is 0. The molecule has 0 saturated carbocycles. The van der Waals surface area contributed by atoms with Crippen LogP contribution in [0.2, 0.25) is 0 Å². The van der Waals surface area contributed by atoms with E-state index in [9.17, 15) is 4.21 Å². The van der Waals surface area contributed by atoms with Gasteiger partial charge in [-0.05, 0) is 0 Å². The van der Waals surface area contributed by atoms with E-state index < -0.39 is 10.8 Å². The fourth-order valence-corrected chi connectivity index (χ4v) is 2.23. The lowest BCUT2D eigenvalue weighted by Crippen LogP contribution is -2.37. The third kappa shape index (κ3) is 3.75. The Labute approximate surface area is 82.3 Å². The van der Waals surface area contributed by atoms with Crippen molar-refractivity contribution in [1.82, 2.24) is 0 Å². The molecular formula is C9H18O3S. The van der Waals surface area contributed by atoms with Crippen molar-refractivity contribution < 1.29 is 13.7 Å². The fraction of sp³-hybridized carbons (Fsp3) is 1.00. The molecule has 0 aromatic carbocycles. The molecule has 13 heavy (non-hydrogen) atoms. The van der Waals surface area contributed by atoms with Crippen molar-refractivity contribution in [3.8, 4) is 0 Å². The van der Waals surface area contributed by atoms with E-state index in [-0.39, 0.29) is 6.29 Å². The van der Waals surface area contributed by atoms with E-state index in [1.165, 1.54) is 0 Å². The van der Waals surface area contributed by atoms with Crippen LogP contribution < -0.4 is 0 Å². The highest BCUT2D eigenvalue weighted by Crippen LogP contribution is 2.17. The molecule has 4 heteroatoms. The van der Waals surface area contributed by atoms with Crippen LogP contribution in [-0.4, -0.2) is 35.7 Å². The maximum absolute atomic E-state index is 10.9. The van der Waals surface area contributed by atoms with Gasteiger partial charge in [-0.15, -0.1) is 0 Å². The molecule has 3 nitrogen and oxygen atoms in total. The van der Waals surface area contributed by atoms with Crippen molar-refractivity contribution in [2.24, 2.45) is 11.8 Å². The average Bonchev–Trinajstić information content (AvgIpc) is 2.04. The molecule has 0 aromatic heterocycles. The Bertz CT molecular complexity index is 174. The smallest absolute Gasteiger partial charge is 0.159 e. The first-order valence-corrected chi connectivity index (χ1v) is 6.35. The van der Waals surface area contributed by atoms with Gasteiger partial charge in [0.1, 0.15) is 0 Å². The minimum absolute atomic E-state index is 0.0680. The van der Waals surface area contributed by atoms with E-state index in [1.807, 2.05) is 0 Å². The molecule has 0 aliphatic carbocycles. The highest BCUT2D eigenvalue weighted by molar-refractivity contribution is 7.84. The summed E-state index contributed by atoms with van der Waals surface area (Å²) in [6.07, 6.45) is 1.65. The SMILES string of the molecule is CC(C)C1OCC(CS(C)=O)CO1. The topological polar surface area (TPSA) is 35.5 Å². The van der Waals surface area contributed by atoms with Crippen molar-refractivity contribution in [3.63, 3.8) is 0 Å². The average molecular weight is 206 g/mol. The lowest BCUT2D eigenvalue weighted by atomic mass is 10.1. The van der Waals surface area contributed by atoms with Crippen LogP contribution in [0.15, 0.2) is 0 Å². The lowest BCUT2D eigenvalue weighted by Gasteiger charge is -2.31. The van der Waals surface area contributed by atoms with E-state index in [2.05, 4.69) is 13.8 Å². The van der Waals surface area contributed by atoms with Gasteiger partial charge in [-0.2, -0.15) is 0 Å². The number of hydrogen-bond acceptors (Lipinski definition) is 3. The summed E-state index contributed by atoms with van der Waals surface area (Å²) in [5.74, 6) is 1.39. The van der Waals surface area contributed by atoms with Crippen molar-refractivity contribution >= 4 is 10.8 Å². The molecule has 1 aliphatic rings. The normalized spacial score (nSPS) is 32.0. The fourth-order valence-electron chi connectivity index (χ4n) is 1.37. The summed E-state index contributed by atoms with van der Waals surface area (Å²) in [4.78, 5) is 0. The van der Waals surface area contributed by atoms with Gasteiger partial charge in [0, 0.05) is 34.6 Å². The molecule has 1 heterocycles. The zero-order valence-corrected chi connectivity index (χ0v) is 9.30. The van der Waals surface area contributed by atoms with Gasteiger partial charge in [0.2, 0.25) is 0 Å². The van der Waals surface area contributed by atoms with Crippen LogP contribution in [0.3, 0.4) is 0 Å². The van der Waals surface area contributed by atoms with Gasteiger partial charge in [-0.1, -0.05) is 13.8 Å². The third-order valence-electron chi connectivity index (χ3n) is 2.01. The Morgan fingerprint density at radius 1 is 1.38 bits per heavy atom. The van der Waals surface area contributed by atoms with Crippen LogP contribution in [0.1, 0.15) is 13.8 Å². The molecule has 1 rings (SSSR count). The predicted octanol–water partition coefficient (Wildman–Crippen LogP) is 1.01. The molecule has 1 saturated heterocycles. The maximum atomic E-state index is 10.9. The van der Waals surface area contributed by atoms with Gasteiger partial charge in [-0.25, -0.2) is 0 Å². The van der Waals surface area contributed by atoms with Crippen LogP contribution in [0.4, 0.5) is 0 Å². The molecule has 0 N–H and O–H groups in total. The molecule has 0 bridgehead atoms. The molecule has 1 atom stereocenters. The van der Waals surface area contributed by atoms with Gasteiger partial charge in [0.25, 0.3) is 0 Å². The van der Waals surface area contributed by atoms with Gasteiger partial charge in [-0.3, -0.25) is 4.21 Å². The van der Waals surface area contributed by atoms with E-state index in [1.54, 1.807) is 6.26 Å². The highest BCUT2D eigenvalue weighted by Gasteiger charge is 2.24. The van der Waals surface area contributed by atoms with Gasteiger partial charge in [0.15, 0.2) is 6.29 Å².